The molecule has 2 aliphatic carbocycles. The summed E-state index contributed by atoms with van der Waals surface area (Å²) in [5, 5.41) is 16.3. The maximum absolute atomic E-state index is 11.6. The molecule has 1 aliphatic heterocycles. The molecule has 3 rings (SSSR count). The molecular weight excluding hydrogens is 260 g/mol. The number of aliphatic carboxylic acids is 1. The third kappa shape index (κ3) is 2.19. The highest BCUT2D eigenvalue weighted by Crippen LogP contribution is 2.56. The van der Waals surface area contributed by atoms with E-state index < -0.39 is 17.8 Å². The zero-order chi connectivity index (χ0) is 14.3. The van der Waals surface area contributed by atoms with Crippen LogP contribution in [0, 0.1) is 11.3 Å². The van der Waals surface area contributed by atoms with Gasteiger partial charge in [0.25, 0.3) is 0 Å². The van der Waals surface area contributed by atoms with Crippen molar-refractivity contribution >= 4 is 17.5 Å². The SMILES string of the molecule is O=C1CCC2(CC1)CC(C1=CC(=O)C(C(=O)O)N=N1)C2. The molecule has 6 heteroatoms. The Labute approximate surface area is 116 Å². The molecule has 0 bridgehead atoms. The van der Waals surface area contributed by atoms with Crippen LogP contribution in [-0.4, -0.2) is 28.7 Å². The monoisotopic (exact) mass is 276 g/mol. The largest absolute Gasteiger partial charge is 0.479 e. The Morgan fingerprint density at radius 1 is 1.25 bits per heavy atom. The first-order valence-corrected chi connectivity index (χ1v) is 6.90. The summed E-state index contributed by atoms with van der Waals surface area (Å²) in [4.78, 5) is 33.7. The minimum atomic E-state index is -1.37. The summed E-state index contributed by atoms with van der Waals surface area (Å²) < 4.78 is 0. The molecule has 0 aromatic rings. The standard InChI is InChI=1S/C14H16N2O4/c17-9-1-3-14(4-2-9)6-8(7-14)10-5-11(18)12(13(19)20)16-15-10/h5,8,12H,1-4,6-7H2,(H,19,20). The lowest BCUT2D eigenvalue weighted by Gasteiger charge is -2.50. The van der Waals surface area contributed by atoms with Gasteiger partial charge >= 0.3 is 5.97 Å². The molecule has 1 atom stereocenters. The van der Waals surface area contributed by atoms with Gasteiger partial charge in [0.05, 0.1) is 5.70 Å². The van der Waals surface area contributed by atoms with Crippen molar-refractivity contribution in [3.8, 4) is 0 Å². The molecule has 2 fully saturated rings. The Balaban J connectivity index is 1.62. The van der Waals surface area contributed by atoms with Crippen molar-refractivity contribution < 1.29 is 19.5 Å². The van der Waals surface area contributed by atoms with Crippen molar-refractivity contribution in [2.45, 2.75) is 44.6 Å². The molecule has 3 aliphatic rings. The number of Topliss-reactive ketones (excluding diaryl/α,β-unsaturated/α-hetero) is 1. The Bertz CT molecular complexity index is 531. The fraction of sp³-hybridized carbons (Fsp3) is 0.643. The summed E-state index contributed by atoms with van der Waals surface area (Å²) in [5.74, 6) is -1.23. The fourth-order valence-corrected chi connectivity index (χ4v) is 3.47. The molecular formula is C14H16N2O4. The van der Waals surface area contributed by atoms with Crippen LogP contribution in [0.4, 0.5) is 0 Å². The van der Waals surface area contributed by atoms with Gasteiger partial charge in [-0.15, -0.1) is 0 Å². The molecule has 0 amide bonds. The fourth-order valence-electron chi connectivity index (χ4n) is 3.47. The number of ketones is 2. The highest BCUT2D eigenvalue weighted by Gasteiger charge is 2.47. The van der Waals surface area contributed by atoms with Gasteiger partial charge in [0.1, 0.15) is 5.78 Å². The molecule has 1 spiro atoms. The second-order valence-corrected chi connectivity index (χ2v) is 6.07. The van der Waals surface area contributed by atoms with Crippen molar-refractivity contribution in [2.75, 3.05) is 0 Å². The summed E-state index contributed by atoms with van der Waals surface area (Å²) in [6, 6.07) is -1.37. The number of hydrogen-bond acceptors (Lipinski definition) is 5. The van der Waals surface area contributed by atoms with Gasteiger partial charge < -0.3 is 5.11 Å². The lowest BCUT2D eigenvalue weighted by Crippen LogP contribution is -2.41. The predicted molar refractivity (Wildman–Crippen MR) is 68.0 cm³/mol. The number of allylic oxidation sites excluding steroid dienone is 1. The summed E-state index contributed by atoms with van der Waals surface area (Å²) >= 11 is 0. The topological polar surface area (TPSA) is 96.2 Å². The second-order valence-electron chi connectivity index (χ2n) is 6.07. The number of rotatable bonds is 2. The summed E-state index contributed by atoms with van der Waals surface area (Å²) in [6.07, 6.45) is 6.36. The van der Waals surface area contributed by atoms with Crippen LogP contribution in [0.15, 0.2) is 22.0 Å². The van der Waals surface area contributed by atoms with Crippen LogP contribution < -0.4 is 0 Å². The highest BCUT2D eigenvalue weighted by atomic mass is 16.4. The van der Waals surface area contributed by atoms with E-state index in [0.717, 1.165) is 25.7 Å². The maximum atomic E-state index is 11.6. The molecule has 1 N–H and O–H groups in total. The number of carbonyl (C=O) groups excluding carboxylic acids is 2. The number of carboxylic acid groups (broad SMARTS) is 1. The molecule has 106 valence electrons. The minimum Gasteiger partial charge on any atom is -0.479 e. The van der Waals surface area contributed by atoms with Gasteiger partial charge in [0.15, 0.2) is 5.78 Å². The van der Waals surface area contributed by atoms with Crippen LogP contribution in [0.5, 0.6) is 0 Å². The van der Waals surface area contributed by atoms with E-state index in [2.05, 4.69) is 10.2 Å². The Morgan fingerprint density at radius 2 is 1.90 bits per heavy atom. The van der Waals surface area contributed by atoms with E-state index in [9.17, 15) is 14.4 Å². The first-order valence-electron chi connectivity index (χ1n) is 6.90. The Kier molecular flexibility index (Phi) is 3.03. The molecule has 0 radical (unpaired) electrons. The van der Waals surface area contributed by atoms with Crippen molar-refractivity contribution in [1.82, 2.24) is 0 Å². The van der Waals surface area contributed by atoms with E-state index in [1.54, 1.807) is 0 Å². The Hall–Kier alpha value is -1.85. The van der Waals surface area contributed by atoms with Crippen molar-refractivity contribution in [3.05, 3.63) is 11.8 Å². The van der Waals surface area contributed by atoms with Crippen LogP contribution >= 0.6 is 0 Å². The average molecular weight is 276 g/mol. The predicted octanol–water partition coefficient (Wildman–Crippen LogP) is 1.90. The van der Waals surface area contributed by atoms with Gasteiger partial charge in [0.2, 0.25) is 6.04 Å². The number of hydrogen-bond donors (Lipinski definition) is 1. The molecule has 0 aromatic carbocycles. The number of nitrogens with zero attached hydrogens (tertiary/aromatic N) is 2. The number of azo groups is 1. The van der Waals surface area contributed by atoms with Crippen molar-refractivity contribution in [3.63, 3.8) is 0 Å². The summed E-state index contributed by atoms with van der Waals surface area (Å²) in [6.45, 7) is 0. The van der Waals surface area contributed by atoms with E-state index in [1.807, 2.05) is 0 Å². The first kappa shape index (κ1) is 13.1. The normalized spacial score (nSPS) is 29.2. The van der Waals surface area contributed by atoms with Gasteiger partial charge in [-0.25, -0.2) is 4.79 Å². The van der Waals surface area contributed by atoms with Crippen LogP contribution in [-0.2, 0) is 14.4 Å². The lowest BCUT2D eigenvalue weighted by molar-refractivity contribution is -0.141. The van der Waals surface area contributed by atoms with Gasteiger partial charge in [-0.3, -0.25) is 9.59 Å². The number of carbonyl (C=O) groups is 3. The zero-order valence-corrected chi connectivity index (χ0v) is 11.0. The van der Waals surface area contributed by atoms with Crippen LogP contribution in [0.1, 0.15) is 38.5 Å². The van der Waals surface area contributed by atoms with Crippen molar-refractivity contribution in [1.29, 1.82) is 0 Å². The third-order valence-corrected chi connectivity index (χ3v) is 4.73. The average Bonchev–Trinajstić information content (AvgIpc) is 2.37. The van der Waals surface area contributed by atoms with E-state index in [4.69, 9.17) is 5.11 Å². The van der Waals surface area contributed by atoms with E-state index in [1.165, 1.54) is 6.08 Å². The molecule has 1 heterocycles. The molecule has 0 saturated heterocycles. The van der Waals surface area contributed by atoms with Crippen LogP contribution in [0.3, 0.4) is 0 Å². The lowest BCUT2D eigenvalue weighted by atomic mass is 9.55. The van der Waals surface area contributed by atoms with E-state index in [0.29, 0.717) is 24.3 Å². The van der Waals surface area contributed by atoms with Crippen LogP contribution in [0.25, 0.3) is 0 Å². The highest BCUT2D eigenvalue weighted by molar-refractivity contribution is 6.08. The van der Waals surface area contributed by atoms with Crippen molar-refractivity contribution in [2.24, 2.45) is 21.6 Å². The summed E-state index contributed by atoms with van der Waals surface area (Å²) in [7, 11) is 0. The molecule has 20 heavy (non-hydrogen) atoms. The second kappa shape index (κ2) is 4.61. The molecule has 6 nitrogen and oxygen atoms in total. The summed E-state index contributed by atoms with van der Waals surface area (Å²) in [5.41, 5.74) is 0.844. The maximum Gasteiger partial charge on any atom is 0.338 e. The van der Waals surface area contributed by atoms with E-state index in [-0.39, 0.29) is 11.3 Å². The molecule has 2 saturated carbocycles. The van der Waals surface area contributed by atoms with Gasteiger partial charge in [-0.1, -0.05) is 0 Å². The van der Waals surface area contributed by atoms with Gasteiger partial charge in [-0.2, -0.15) is 10.2 Å². The first-order chi connectivity index (χ1) is 9.49. The minimum absolute atomic E-state index is 0.186. The quantitative estimate of drug-likeness (QED) is 0.779. The Morgan fingerprint density at radius 3 is 2.45 bits per heavy atom. The molecule has 1 unspecified atom stereocenters. The molecule has 0 aromatic heterocycles. The van der Waals surface area contributed by atoms with E-state index >= 15 is 0 Å². The smallest absolute Gasteiger partial charge is 0.338 e. The van der Waals surface area contributed by atoms with Gasteiger partial charge in [0, 0.05) is 24.8 Å². The number of carboxylic acids is 1. The van der Waals surface area contributed by atoms with Crippen LogP contribution in [0.2, 0.25) is 0 Å². The zero-order valence-electron chi connectivity index (χ0n) is 11.0. The third-order valence-electron chi connectivity index (χ3n) is 4.73. The van der Waals surface area contributed by atoms with Gasteiger partial charge in [-0.05, 0) is 31.1 Å².